The van der Waals surface area contributed by atoms with Crippen molar-refractivity contribution in [3.05, 3.63) is 42.2 Å². The Morgan fingerprint density at radius 2 is 1.83 bits per heavy atom. The standard InChI is InChI=1S/C24H32N4OS/c1-3-17-11-24(23(25)19-7-5-6-8-20(19)29-24)12-18(4-2)28(17)21-13-27-22(14-26-21)30-15-16-9-10-16/h5-8,13-14,16-18,23H,3-4,9-12,15,25H2,1-2H3/t17-,18+,23-,24+/m1/s1. The maximum atomic E-state index is 6.78. The third-order valence-corrected chi connectivity index (χ3v) is 8.21. The Morgan fingerprint density at radius 3 is 2.43 bits per heavy atom. The molecule has 0 amide bonds. The van der Waals surface area contributed by atoms with Crippen LogP contribution in [0.3, 0.4) is 0 Å². The molecule has 1 saturated carbocycles. The lowest BCUT2D eigenvalue weighted by molar-refractivity contribution is 0.0136. The smallest absolute Gasteiger partial charge is 0.147 e. The molecule has 5 nitrogen and oxygen atoms in total. The second-order valence-electron chi connectivity index (χ2n) is 9.09. The molecule has 1 aliphatic carbocycles. The highest BCUT2D eigenvalue weighted by molar-refractivity contribution is 7.99. The van der Waals surface area contributed by atoms with E-state index in [0.717, 1.165) is 53.8 Å². The van der Waals surface area contributed by atoms with Crippen LogP contribution in [0, 0.1) is 5.92 Å². The number of ether oxygens (including phenoxy) is 1. The van der Waals surface area contributed by atoms with Gasteiger partial charge in [0.25, 0.3) is 0 Å². The van der Waals surface area contributed by atoms with Crippen LogP contribution in [0.4, 0.5) is 5.82 Å². The average molecular weight is 425 g/mol. The number of nitrogens with zero attached hydrogens (tertiary/aromatic N) is 3. The lowest BCUT2D eigenvalue weighted by Gasteiger charge is -2.50. The van der Waals surface area contributed by atoms with Crippen molar-refractivity contribution in [2.24, 2.45) is 11.7 Å². The van der Waals surface area contributed by atoms with E-state index in [1.807, 2.05) is 30.2 Å². The fraction of sp³-hybridized carbons (Fsp3) is 0.583. The van der Waals surface area contributed by atoms with Gasteiger partial charge in [0.1, 0.15) is 22.2 Å². The number of fused-ring (bicyclic) bond motifs is 1. The van der Waals surface area contributed by atoms with Crippen LogP contribution in [-0.4, -0.2) is 33.4 Å². The maximum Gasteiger partial charge on any atom is 0.147 e. The van der Waals surface area contributed by atoms with E-state index in [4.69, 9.17) is 20.4 Å². The van der Waals surface area contributed by atoms with E-state index in [2.05, 4.69) is 36.9 Å². The monoisotopic (exact) mass is 424 g/mol. The molecule has 0 unspecified atom stereocenters. The second-order valence-corrected chi connectivity index (χ2v) is 10.1. The molecule has 1 aromatic heterocycles. The van der Waals surface area contributed by atoms with Gasteiger partial charge in [0.15, 0.2) is 0 Å². The zero-order chi connectivity index (χ0) is 20.7. The van der Waals surface area contributed by atoms with Crippen molar-refractivity contribution in [2.75, 3.05) is 10.7 Å². The van der Waals surface area contributed by atoms with E-state index in [-0.39, 0.29) is 11.6 Å². The molecule has 3 aliphatic rings. The fourth-order valence-electron chi connectivity index (χ4n) is 5.17. The Labute approximate surface area is 183 Å². The molecular weight excluding hydrogens is 392 g/mol. The number of para-hydroxylation sites is 1. The summed E-state index contributed by atoms with van der Waals surface area (Å²) in [7, 11) is 0. The first-order valence-electron chi connectivity index (χ1n) is 11.4. The molecular formula is C24H32N4OS. The van der Waals surface area contributed by atoms with Crippen molar-refractivity contribution in [1.82, 2.24) is 9.97 Å². The summed E-state index contributed by atoms with van der Waals surface area (Å²) in [5.74, 6) is 4.01. The van der Waals surface area contributed by atoms with Gasteiger partial charge in [0.05, 0.1) is 18.4 Å². The number of rotatable bonds is 6. The van der Waals surface area contributed by atoms with Crippen LogP contribution < -0.4 is 15.4 Å². The zero-order valence-electron chi connectivity index (χ0n) is 18.0. The minimum Gasteiger partial charge on any atom is -0.485 e. The van der Waals surface area contributed by atoms with Gasteiger partial charge in [-0.3, -0.25) is 0 Å². The average Bonchev–Trinajstić information content (AvgIpc) is 3.58. The molecule has 4 atom stereocenters. The molecule has 0 bridgehead atoms. The molecule has 1 aromatic carbocycles. The molecule has 2 N–H and O–H groups in total. The quantitative estimate of drug-likeness (QED) is 0.661. The molecule has 5 rings (SSSR count). The topological polar surface area (TPSA) is 64.3 Å². The van der Waals surface area contributed by atoms with E-state index in [9.17, 15) is 0 Å². The number of nitrogens with two attached hydrogens (primary N) is 1. The van der Waals surface area contributed by atoms with Gasteiger partial charge >= 0.3 is 0 Å². The third-order valence-electron chi connectivity index (χ3n) is 7.07. The molecule has 2 fully saturated rings. The van der Waals surface area contributed by atoms with Crippen LogP contribution >= 0.6 is 11.8 Å². The van der Waals surface area contributed by atoms with E-state index in [1.54, 1.807) is 0 Å². The first kappa shape index (κ1) is 20.1. The van der Waals surface area contributed by atoms with Gasteiger partial charge in [0, 0.05) is 36.2 Å². The molecule has 3 heterocycles. The summed E-state index contributed by atoms with van der Waals surface area (Å²) in [6, 6.07) is 8.86. The van der Waals surface area contributed by atoms with E-state index < -0.39 is 0 Å². The van der Waals surface area contributed by atoms with Crippen molar-refractivity contribution in [1.29, 1.82) is 0 Å². The number of hydrogen-bond donors (Lipinski definition) is 1. The normalized spacial score (nSPS) is 30.4. The van der Waals surface area contributed by atoms with Gasteiger partial charge < -0.3 is 15.4 Å². The van der Waals surface area contributed by atoms with Crippen molar-refractivity contribution < 1.29 is 4.74 Å². The van der Waals surface area contributed by atoms with Gasteiger partial charge in [-0.1, -0.05) is 32.0 Å². The lowest BCUT2D eigenvalue weighted by atomic mass is 9.75. The van der Waals surface area contributed by atoms with Crippen molar-refractivity contribution in [3.63, 3.8) is 0 Å². The minimum atomic E-state index is -0.324. The maximum absolute atomic E-state index is 6.78. The van der Waals surface area contributed by atoms with Crippen LogP contribution in [0.5, 0.6) is 5.75 Å². The van der Waals surface area contributed by atoms with Crippen molar-refractivity contribution >= 4 is 17.6 Å². The van der Waals surface area contributed by atoms with Crippen molar-refractivity contribution in [2.45, 2.75) is 81.1 Å². The summed E-state index contributed by atoms with van der Waals surface area (Å²) in [4.78, 5) is 12.1. The number of piperidine rings is 1. The van der Waals surface area contributed by atoms with Crippen LogP contribution in [0.25, 0.3) is 0 Å². The lowest BCUT2D eigenvalue weighted by Crippen LogP contribution is -2.60. The van der Waals surface area contributed by atoms with Crippen LogP contribution in [-0.2, 0) is 0 Å². The molecule has 0 radical (unpaired) electrons. The summed E-state index contributed by atoms with van der Waals surface area (Å²) in [5, 5.41) is 1.04. The number of hydrogen-bond acceptors (Lipinski definition) is 6. The summed E-state index contributed by atoms with van der Waals surface area (Å²) < 4.78 is 6.58. The van der Waals surface area contributed by atoms with Gasteiger partial charge in [-0.15, -0.1) is 11.8 Å². The van der Waals surface area contributed by atoms with Gasteiger partial charge in [-0.25, -0.2) is 9.97 Å². The SMILES string of the molecule is CC[C@@H]1C[C@@]2(C[C@H](CC)N1c1cnc(SCC3CC3)cn1)Oc1ccccc1[C@H]2N. The molecule has 30 heavy (non-hydrogen) atoms. The number of anilines is 1. The van der Waals surface area contributed by atoms with E-state index in [0.29, 0.717) is 12.1 Å². The highest BCUT2D eigenvalue weighted by Crippen LogP contribution is 2.51. The molecule has 160 valence electrons. The van der Waals surface area contributed by atoms with Crippen LogP contribution in [0.2, 0.25) is 0 Å². The fourth-order valence-corrected chi connectivity index (χ4v) is 6.16. The Balaban J connectivity index is 1.38. The summed E-state index contributed by atoms with van der Waals surface area (Å²) >= 11 is 1.84. The second kappa shape index (κ2) is 8.04. The number of thioether (sulfide) groups is 1. The van der Waals surface area contributed by atoms with Crippen LogP contribution in [0.1, 0.15) is 64.0 Å². The van der Waals surface area contributed by atoms with Crippen molar-refractivity contribution in [3.8, 4) is 5.75 Å². The van der Waals surface area contributed by atoms with Gasteiger partial charge in [-0.2, -0.15) is 0 Å². The molecule has 1 saturated heterocycles. The van der Waals surface area contributed by atoms with Gasteiger partial charge in [-0.05, 0) is 37.7 Å². The molecule has 2 aliphatic heterocycles. The van der Waals surface area contributed by atoms with Gasteiger partial charge in [0.2, 0.25) is 0 Å². The Morgan fingerprint density at radius 1 is 1.10 bits per heavy atom. The first-order chi connectivity index (χ1) is 14.6. The molecule has 2 aromatic rings. The van der Waals surface area contributed by atoms with Crippen LogP contribution in [0.15, 0.2) is 41.7 Å². The Bertz CT molecular complexity index is 871. The highest BCUT2D eigenvalue weighted by Gasteiger charge is 2.53. The van der Waals surface area contributed by atoms with E-state index >= 15 is 0 Å². The summed E-state index contributed by atoms with van der Waals surface area (Å²) in [6.07, 6.45) is 10.6. The predicted octanol–water partition coefficient (Wildman–Crippen LogP) is 4.97. The highest BCUT2D eigenvalue weighted by atomic mass is 32.2. The summed E-state index contributed by atoms with van der Waals surface area (Å²) in [5.41, 5.74) is 7.60. The molecule has 6 heteroatoms. The predicted molar refractivity (Wildman–Crippen MR) is 122 cm³/mol. The first-order valence-corrected chi connectivity index (χ1v) is 12.4. The Kier molecular flexibility index (Phi) is 5.40. The third kappa shape index (κ3) is 3.58. The molecule has 1 spiro atoms. The summed E-state index contributed by atoms with van der Waals surface area (Å²) in [6.45, 7) is 4.51. The zero-order valence-corrected chi connectivity index (χ0v) is 18.8. The Hall–Kier alpha value is -1.79. The number of benzene rings is 1. The number of aromatic nitrogens is 2. The largest absolute Gasteiger partial charge is 0.485 e. The minimum absolute atomic E-state index is 0.0776. The van der Waals surface area contributed by atoms with E-state index in [1.165, 1.54) is 18.6 Å².